The van der Waals surface area contributed by atoms with Gasteiger partial charge in [0, 0.05) is 18.7 Å². The van der Waals surface area contributed by atoms with Crippen molar-refractivity contribution in [3.8, 4) is 0 Å². The second-order valence-corrected chi connectivity index (χ2v) is 10.6. The molecule has 2 atom stereocenters. The molecule has 2 unspecified atom stereocenters. The van der Waals surface area contributed by atoms with Crippen molar-refractivity contribution >= 4 is 40.3 Å². The second kappa shape index (κ2) is 13.6. The Balaban J connectivity index is 1.96. The minimum absolute atomic E-state index is 0.0403. The van der Waals surface area contributed by atoms with Crippen LogP contribution in [0.4, 0.5) is 10.5 Å². The lowest BCUT2D eigenvalue weighted by atomic mass is 10.0. The summed E-state index contributed by atoms with van der Waals surface area (Å²) < 4.78 is 5.36. The number of alkyl carbamates (subject to hydrolysis) is 1. The molecule has 0 aromatic heterocycles. The van der Waals surface area contributed by atoms with Crippen molar-refractivity contribution < 1.29 is 23.9 Å². The van der Waals surface area contributed by atoms with Crippen LogP contribution in [-0.2, 0) is 19.1 Å². The first kappa shape index (κ1) is 30.1. The summed E-state index contributed by atoms with van der Waals surface area (Å²) >= 11 is 0. The van der Waals surface area contributed by atoms with E-state index in [2.05, 4.69) is 10.6 Å². The van der Waals surface area contributed by atoms with Crippen LogP contribution in [0, 0.1) is 0 Å². The Bertz CT molecular complexity index is 1340. The lowest BCUT2D eigenvalue weighted by Gasteiger charge is -2.34. The van der Waals surface area contributed by atoms with Crippen molar-refractivity contribution in [1.82, 2.24) is 10.2 Å². The number of nitrogens with zero attached hydrogens (tertiary/aromatic N) is 1. The summed E-state index contributed by atoms with van der Waals surface area (Å²) in [5.41, 5.74) is 5.76. The molecular formula is C31H38N4O5. The molecule has 40 heavy (non-hydrogen) atoms. The van der Waals surface area contributed by atoms with E-state index in [1.807, 2.05) is 55.5 Å². The molecule has 0 bridgehead atoms. The molecule has 0 heterocycles. The lowest BCUT2D eigenvalue weighted by Crippen LogP contribution is -2.52. The maximum absolute atomic E-state index is 14.0. The van der Waals surface area contributed by atoms with Gasteiger partial charge in [0.05, 0.1) is 0 Å². The van der Waals surface area contributed by atoms with Crippen molar-refractivity contribution in [2.45, 2.75) is 64.6 Å². The number of nitrogens with two attached hydrogens (primary N) is 1. The van der Waals surface area contributed by atoms with E-state index >= 15 is 0 Å². The van der Waals surface area contributed by atoms with Crippen molar-refractivity contribution in [3.05, 3.63) is 78.4 Å². The van der Waals surface area contributed by atoms with E-state index in [0.29, 0.717) is 17.7 Å². The number of carbonyl (C=O) groups excluding carboxylic acids is 4. The molecule has 0 aliphatic rings. The van der Waals surface area contributed by atoms with Crippen LogP contribution in [0.3, 0.4) is 0 Å². The largest absolute Gasteiger partial charge is 0.444 e. The van der Waals surface area contributed by atoms with E-state index in [-0.39, 0.29) is 19.4 Å². The molecule has 4 amide bonds. The predicted molar refractivity (Wildman–Crippen MR) is 155 cm³/mol. The quantitative estimate of drug-likeness (QED) is 0.314. The van der Waals surface area contributed by atoms with Gasteiger partial charge in [0.25, 0.3) is 5.91 Å². The number of fused-ring (bicyclic) bond motifs is 1. The third kappa shape index (κ3) is 8.56. The predicted octanol–water partition coefficient (Wildman–Crippen LogP) is 4.92. The number of rotatable bonds is 11. The first-order valence-electron chi connectivity index (χ1n) is 13.4. The third-order valence-corrected chi connectivity index (χ3v) is 6.11. The van der Waals surface area contributed by atoms with E-state index in [1.54, 1.807) is 45.0 Å². The molecule has 3 aromatic carbocycles. The number of hydrogen-bond donors (Lipinski definition) is 3. The van der Waals surface area contributed by atoms with E-state index in [0.717, 1.165) is 10.8 Å². The Morgan fingerprint density at radius 3 is 2.20 bits per heavy atom. The van der Waals surface area contributed by atoms with Crippen LogP contribution >= 0.6 is 0 Å². The minimum atomic E-state index is -1.13. The average Bonchev–Trinajstić information content (AvgIpc) is 2.89. The summed E-state index contributed by atoms with van der Waals surface area (Å²) in [7, 11) is 0. The molecule has 9 nitrogen and oxygen atoms in total. The van der Waals surface area contributed by atoms with Gasteiger partial charge >= 0.3 is 6.09 Å². The summed E-state index contributed by atoms with van der Waals surface area (Å²) in [5, 5.41) is 7.56. The van der Waals surface area contributed by atoms with Gasteiger partial charge in [-0.05, 0) is 62.1 Å². The van der Waals surface area contributed by atoms with Crippen LogP contribution in [0.2, 0.25) is 0 Å². The summed E-state index contributed by atoms with van der Waals surface area (Å²) in [5.74, 6) is -1.54. The molecule has 0 radical (unpaired) electrons. The van der Waals surface area contributed by atoms with Gasteiger partial charge in [-0.3, -0.25) is 14.4 Å². The normalized spacial score (nSPS) is 12.7. The lowest BCUT2D eigenvalue weighted by molar-refractivity contribution is -0.141. The molecule has 212 valence electrons. The Hall–Kier alpha value is -4.40. The average molecular weight is 547 g/mol. The highest BCUT2D eigenvalue weighted by Gasteiger charge is 2.36. The maximum atomic E-state index is 14.0. The topological polar surface area (TPSA) is 131 Å². The maximum Gasteiger partial charge on any atom is 0.408 e. The van der Waals surface area contributed by atoms with E-state index in [4.69, 9.17) is 10.5 Å². The number of ether oxygens (including phenoxy) is 1. The van der Waals surface area contributed by atoms with Crippen LogP contribution in [0.1, 0.15) is 58.6 Å². The van der Waals surface area contributed by atoms with Crippen molar-refractivity contribution in [2.24, 2.45) is 5.73 Å². The summed E-state index contributed by atoms with van der Waals surface area (Å²) in [6.45, 7) is 7.24. The zero-order valence-corrected chi connectivity index (χ0v) is 23.5. The van der Waals surface area contributed by atoms with Gasteiger partial charge < -0.3 is 26.0 Å². The van der Waals surface area contributed by atoms with Crippen molar-refractivity contribution in [3.63, 3.8) is 0 Å². The fraction of sp³-hybridized carbons (Fsp3) is 0.355. The van der Waals surface area contributed by atoms with Gasteiger partial charge in [-0.15, -0.1) is 0 Å². The first-order chi connectivity index (χ1) is 19.0. The molecular weight excluding hydrogens is 508 g/mol. The number of carbonyl (C=O) groups is 4. The molecule has 0 aliphatic heterocycles. The number of anilines is 1. The van der Waals surface area contributed by atoms with Crippen LogP contribution in [0.5, 0.6) is 0 Å². The van der Waals surface area contributed by atoms with E-state index < -0.39 is 41.5 Å². The highest BCUT2D eigenvalue weighted by atomic mass is 16.6. The highest BCUT2D eigenvalue weighted by Crippen LogP contribution is 2.26. The standard InChI is InChI=1S/C31H38N4O5/c1-5-19-35(29(38)25(17-18-26(32)36)34-30(39)40-31(2,3)4)27(22-12-7-6-8-13-22)28(37)33-24-16-15-21-11-9-10-14-23(21)20-24/h6-16,20,25,27H,5,17-19H2,1-4H3,(H2,32,36)(H,33,37)(H,34,39). The van der Waals surface area contributed by atoms with Crippen molar-refractivity contribution in [2.75, 3.05) is 11.9 Å². The summed E-state index contributed by atoms with van der Waals surface area (Å²) in [6.07, 6.45) is -0.427. The molecule has 3 rings (SSSR count). The molecule has 3 aromatic rings. The van der Waals surface area contributed by atoms with Gasteiger partial charge in [0.1, 0.15) is 17.7 Å². The Labute approximate surface area is 235 Å². The van der Waals surface area contributed by atoms with E-state index in [1.165, 1.54) is 4.90 Å². The van der Waals surface area contributed by atoms with Crippen molar-refractivity contribution in [1.29, 1.82) is 0 Å². The van der Waals surface area contributed by atoms with Gasteiger partial charge in [-0.25, -0.2) is 4.79 Å². The molecule has 0 saturated carbocycles. The zero-order chi connectivity index (χ0) is 29.3. The molecule has 4 N–H and O–H groups in total. The number of nitrogens with one attached hydrogen (secondary N) is 2. The fourth-order valence-corrected chi connectivity index (χ4v) is 4.39. The Kier molecular flexibility index (Phi) is 10.2. The Morgan fingerprint density at radius 1 is 0.925 bits per heavy atom. The third-order valence-electron chi connectivity index (χ3n) is 6.11. The highest BCUT2D eigenvalue weighted by molar-refractivity contribution is 6.00. The second-order valence-electron chi connectivity index (χ2n) is 10.6. The van der Waals surface area contributed by atoms with Crippen LogP contribution in [0.15, 0.2) is 72.8 Å². The van der Waals surface area contributed by atoms with Crippen LogP contribution in [-0.4, -0.2) is 46.9 Å². The molecule has 0 aliphatic carbocycles. The SMILES string of the molecule is CCCN(C(=O)C(CCC(N)=O)NC(=O)OC(C)(C)C)C(C(=O)Nc1ccc2ccccc2c1)c1ccccc1. The van der Waals surface area contributed by atoms with Gasteiger partial charge in [-0.2, -0.15) is 0 Å². The number of primary amides is 1. The molecule has 0 spiro atoms. The molecule has 0 fully saturated rings. The number of hydrogen-bond acceptors (Lipinski definition) is 5. The molecule has 9 heteroatoms. The van der Waals surface area contributed by atoms with Gasteiger partial charge in [-0.1, -0.05) is 67.6 Å². The Morgan fingerprint density at radius 2 is 1.57 bits per heavy atom. The summed E-state index contributed by atoms with van der Waals surface area (Å²) in [6, 6.07) is 20.3. The fourth-order valence-electron chi connectivity index (χ4n) is 4.39. The first-order valence-corrected chi connectivity index (χ1v) is 13.4. The molecule has 0 saturated heterocycles. The van der Waals surface area contributed by atoms with Gasteiger partial charge in [0.2, 0.25) is 11.8 Å². The van der Waals surface area contributed by atoms with Gasteiger partial charge in [0.15, 0.2) is 0 Å². The number of amides is 4. The smallest absolute Gasteiger partial charge is 0.408 e. The monoisotopic (exact) mass is 546 g/mol. The zero-order valence-electron chi connectivity index (χ0n) is 23.5. The summed E-state index contributed by atoms with van der Waals surface area (Å²) in [4.78, 5) is 53.5. The van der Waals surface area contributed by atoms with Crippen LogP contribution in [0.25, 0.3) is 10.8 Å². The van der Waals surface area contributed by atoms with Crippen LogP contribution < -0.4 is 16.4 Å². The number of benzene rings is 3. The van der Waals surface area contributed by atoms with E-state index in [9.17, 15) is 19.2 Å². The minimum Gasteiger partial charge on any atom is -0.444 e.